The van der Waals surface area contributed by atoms with Gasteiger partial charge >= 0.3 is 0 Å². The summed E-state index contributed by atoms with van der Waals surface area (Å²) in [6, 6.07) is 12.2. The monoisotopic (exact) mass is 491 g/mol. The lowest BCUT2D eigenvalue weighted by Gasteiger charge is -2.36. The van der Waals surface area contributed by atoms with Gasteiger partial charge in [0.25, 0.3) is 5.91 Å². The molecule has 2 saturated heterocycles. The van der Waals surface area contributed by atoms with E-state index in [0.29, 0.717) is 37.0 Å². The van der Waals surface area contributed by atoms with Gasteiger partial charge in [0.1, 0.15) is 5.75 Å². The van der Waals surface area contributed by atoms with Crippen LogP contribution < -0.4 is 9.64 Å². The van der Waals surface area contributed by atoms with E-state index in [0.717, 1.165) is 43.6 Å². The van der Waals surface area contributed by atoms with Crippen molar-refractivity contribution in [3.05, 3.63) is 53.1 Å². The minimum atomic E-state index is -3.47. The van der Waals surface area contributed by atoms with Crippen LogP contribution in [0.25, 0.3) is 0 Å². The lowest BCUT2D eigenvalue weighted by atomic mass is 10.1. The molecule has 0 unspecified atom stereocenters. The van der Waals surface area contributed by atoms with Gasteiger partial charge in [-0.1, -0.05) is 24.1 Å². The molecule has 0 aliphatic carbocycles. The van der Waals surface area contributed by atoms with Crippen molar-refractivity contribution in [1.29, 1.82) is 0 Å². The zero-order valence-electron chi connectivity index (χ0n) is 18.9. The van der Waals surface area contributed by atoms with E-state index in [2.05, 4.69) is 11.8 Å². The van der Waals surface area contributed by atoms with Crippen LogP contribution >= 0.6 is 11.6 Å². The number of carbonyl (C=O) groups is 1. The number of piperidine rings is 1. The number of amides is 1. The molecular weight excluding hydrogens is 462 g/mol. The van der Waals surface area contributed by atoms with Crippen LogP contribution in [0.1, 0.15) is 24.8 Å². The number of rotatable bonds is 6. The van der Waals surface area contributed by atoms with E-state index in [1.807, 2.05) is 18.2 Å². The molecule has 7 nitrogen and oxygen atoms in total. The number of piperazine rings is 1. The van der Waals surface area contributed by atoms with Crippen molar-refractivity contribution in [3.63, 3.8) is 0 Å². The summed E-state index contributed by atoms with van der Waals surface area (Å²) in [4.78, 5) is 16.9. The summed E-state index contributed by atoms with van der Waals surface area (Å²) in [6.07, 6.45) is 2.87. The number of carbonyl (C=O) groups excluding carboxylic acids is 1. The van der Waals surface area contributed by atoms with Gasteiger partial charge in [-0.2, -0.15) is 4.31 Å². The Hall–Kier alpha value is -2.29. The number of anilines is 1. The largest absolute Gasteiger partial charge is 0.484 e. The molecule has 2 heterocycles. The number of halogens is 1. The Morgan fingerprint density at radius 3 is 2.27 bits per heavy atom. The van der Waals surface area contributed by atoms with Crippen LogP contribution in [0.3, 0.4) is 0 Å². The van der Waals surface area contributed by atoms with E-state index in [9.17, 15) is 13.2 Å². The minimum absolute atomic E-state index is 0.0750. The molecule has 1 amide bonds. The fourth-order valence-corrected chi connectivity index (χ4v) is 6.00. The summed E-state index contributed by atoms with van der Waals surface area (Å²) in [5.74, 6) is 0.400. The smallest absolute Gasteiger partial charge is 0.260 e. The molecule has 0 radical (unpaired) electrons. The number of hydrogen-bond donors (Lipinski definition) is 0. The molecule has 2 fully saturated rings. The lowest BCUT2D eigenvalue weighted by molar-refractivity contribution is -0.133. The van der Waals surface area contributed by atoms with Gasteiger partial charge < -0.3 is 14.5 Å². The lowest BCUT2D eigenvalue weighted by Crippen LogP contribution is -2.50. The first kappa shape index (κ1) is 23.9. The van der Waals surface area contributed by atoms with Crippen molar-refractivity contribution in [1.82, 2.24) is 9.21 Å². The number of nitrogens with zero attached hydrogens (tertiary/aromatic N) is 3. The summed E-state index contributed by atoms with van der Waals surface area (Å²) in [6.45, 7) is 5.81. The Bertz CT molecular complexity index is 1080. The van der Waals surface area contributed by atoms with Crippen LogP contribution in [0.5, 0.6) is 5.75 Å². The Kier molecular flexibility index (Phi) is 7.46. The Morgan fingerprint density at radius 1 is 0.939 bits per heavy atom. The van der Waals surface area contributed by atoms with Gasteiger partial charge in [-0.05, 0) is 61.7 Å². The van der Waals surface area contributed by atoms with Crippen molar-refractivity contribution >= 4 is 33.2 Å². The normalized spacial score (nSPS) is 17.8. The molecular formula is C24H30ClN3O4S. The topological polar surface area (TPSA) is 70.2 Å². The highest BCUT2D eigenvalue weighted by Crippen LogP contribution is 2.26. The predicted octanol–water partition coefficient (Wildman–Crippen LogP) is 3.55. The van der Waals surface area contributed by atoms with Crippen LogP contribution in [-0.2, 0) is 14.8 Å². The quantitative estimate of drug-likeness (QED) is 0.618. The summed E-state index contributed by atoms with van der Waals surface area (Å²) in [7, 11) is -3.47. The van der Waals surface area contributed by atoms with Crippen molar-refractivity contribution in [2.75, 3.05) is 50.8 Å². The number of ether oxygens (including phenoxy) is 1. The van der Waals surface area contributed by atoms with Gasteiger partial charge in [-0.25, -0.2) is 8.42 Å². The van der Waals surface area contributed by atoms with Crippen molar-refractivity contribution in [3.8, 4) is 5.75 Å². The number of sulfonamides is 1. The highest BCUT2D eigenvalue weighted by Gasteiger charge is 2.26. The molecule has 178 valence electrons. The highest BCUT2D eigenvalue weighted by atomic mass is 35.5. The van der Waals surface area contributed by atoms with E-state index >= 15 is 0 Å². The van der Waals surface area contributed by atoms with Crippen LogP contribution in [0.15, 0.2) is 47.4 Å². The van der Waals surface area contributed by atoms with Crippen molar-refractivity contribution < 1.29 is 17.9 Å². The second-order valence-electron chi connectivity index (χ2n) is 8.52. The van der Waals surface area contributed by atoms with Crippen molar-refractivity contribution in [2.24, 2.45) is 0 Å². The van der Waals surface area contributed by atoms with Gasteiger partial charge in [0.2, 0.25) is 10.0 Å². The van der Waals surface area contributed by atoms with E-state index in [1.54, 1.807) is 33.5 Å². The van der Waals surface area contributed by atoms with Gasteiger partial charge in [0.15, 0.2) is 6.61 Å². The average molecular weight is 492 g/mol. The summed E-state index contributed by atoms with van der Waals surface area (Å²) in [5.41, 5.74) is 2.26. The minimum Gasteiger partial charge on any atom is -0.484 e. The van der Waals surface area contributed by atoms with Crippen LogP contribution in [0, 0.1) is 6.92 Å². The van der Waals surface area contributed by atoms with E-state index < -0.39 is 10.0 Å². The van der Waals surface area contributed by atoms with Gasteiger partial charge in [-0.15, -0.1) is 0 Å². The zero-order valence-corrected chi connectivity index (χ0v) is 20.4. The Balaban J connectivity index is 1.28. The molecule has 2 aromatic rings. The standard InChI is InChI=1S/C24H30ClN3O4S/c1-19-5-6-20(25)17-23(19)26-13-15-27(16-14-26)24(29)18-32-21-7-9-22(10-8-21)33(30,31)28-11-3-2-4-12-28/h5-10,17H,2-4,11-16,18H2,1H3. The molecule has 0 spiro atoms. The maximum atomic E-state index is 12.8. The number of aryl methyl sites for hydroxylation is 1. The predicted molar refractivity (Wildman–Crippen MR) is 130 cm³/mol. The molecule has 2 aromatic carbocycles. The first-order valence-electron chi connectivity index (χ1n) is 11.4. The maximum Gasteiger partial charge on any atom is 0.260 e. The highest BCUT2D eigenvalue weighted by molar-refractivity contribution is 7.89. The Labute approximate surface area is 200 Å². The van der Waals surface area contributed by atoms with Crippen molar-refractivity contribution in [2.45, 2.75) is 31.1 Å². The zero-order chi connectivity index (χ0) is 23.4. The molecule has 33 heavy (non-hydrogen) atoms. The molecule has 2 aliphatic rings. The molecule has 2 aliphatic heterocycles. The van der Waals surface area contributed by atoms with Crippen LogP contribution in [0.4, 0.5) is 5.69 Å². The van der Waals surface area contributed by atoms with Crippen LogP contribution in [0.2, 0.25) is 5.02 Å². The molecule has 0 bridgehead atoms. The SMILES string of the molecule is Cc1ccc(Cl)cc1N1CCN(C(=O)COc2ccc(S(=O)(=O)N3CCCCC3)cc2)CC1. The number of hydrogen-bond acceptors (Lipinski definition) is 5. The molecule has 4 rings (SSSR count). The average Bonchev–Trinajstić information content (AvgIpc) is 2.85. The third kappa shape index (κ3) is 5.62. The Morgan fingerprint density at radius 2 is 1.61 bits per heavy atom. The first-order chi connectivity index (χ1) is 15.8. The van der Waals surface area contributed by atoms with E-state index in [-0.39, 0.29) is 17.4 Å². The fourth-order valence-electron chi connectivity index (χ4n) is 4.32. The third-order valence-corrected chi connectivity index (χ3v) is 8.43. The molecule has 0 atom stereocenters. The summed E-state index contributed by atoms with van der Waals surface area (Å²) < 4.78 is 32.7. The second kappa shape index (κ2) is 10.3. The molecule has 0 N–H and O–H groups in total. The summed E-state index contributed by atoms with van der Waals surface area (Å²) in [5, 5.41) is 0.706. The van der Waals surface area contributed by atoms with Gasteiger partial charge in [0.05, 0.1) is 4.90 Å². The summed E-state index contributed by atoms with van der Waals surface area (Å²) >= 11 is 6.15. The third-order valence-electron chi connectivity index (χ3n) is 6.28. The van der Waals surface area contributed by atoms with E-state index in [4.69, 9.17) is 16.3 Å². The number of benzene rings is 2. The molecule has 9 heteroatoms. The second-order valence-corrected chi connectivity index (χ2v) is 10.9. The maximum absolute atomic E-state index is 12.8. The van der Waals surface area contributed by atoms with Gasteiger partial charge in [-0.3, -0.25) is 4.79 Å². The first-order valence-corrected chi connectivity index (χ1v) is 13.2. The van der Waals surface area contributed by atoms with Gasteiger partial charge in [0, 0.05) is 50.0 Å². The van der Waals surface area contributed by atoms with E-state index in [1.165, 1.54) is 0 Å². The fraction of sp³-hybridized carbons (Fsp3) is 0.458. The molecule has 0 aromatic heterocycles. The van der Waals surface area contributed by atoms with Crippen LogP contribution in [-0.4, -0.2) is 69.4 Å². The molecule has 0 saturated carbocycles.